The Hall–Kier alpha value is -3.45. The summed E-state index contributed by atoms with van der Waals surface area (Å²) < 4.78 is 19.4. The van der Waals surface area contributed by atoms with E-state index in [4.69, 9.17) is 9.72 Å². The number of carbonyl (C=O) groups is 1. The fourth-order valence-electron chi connectivity index (χ4n) is 8.08. The van der Waals surface area contributed by atoms with Crippen LogP contribution in [0.1, 0.15) is 86.7 Å². The summed E-state index contributed by atoms with van der Waals surface area (Å²) in [5, 5.41) is 10.0. The second kappa shape index (κ2) is 14.5. The van der Waals surface area contributed by atoms with Gasteiger partial charge in [-0.3, -0.25) is 9.78 Å². The van der Waals surface area contributed by atoms with Crippen molar-refractivity contribution in [3.8, 4) is 16.9 Å². The summed E-state index contributed by atoms with van der Waals surface area (Å²) >= 11 is 0. The van der Waals surface area contributed by atoms with Gasteiger partial charge in [0.05, 0.1) is 24.4 Å². The fraction of sp³-hybridized carbons (Fsp3) is 0.538. The number of anilines is 1. The molecule has 1 aliphatic heterocycles. The zero-order chi connectivity index (χ0) is 32.1. The number of aryl methyl sites for hydroxylation is 1. The topological polar surface area (TPSA) is 65.9 Å². The lowest BCUT2D eigenvalue weighted by atomic mass is 9.63. The van der Waals surface area contributed by atoms with Gasteiger partial charge < -0.3 is 19.6 Å². The highest BCUT2D eigenvalue weighted by molar-refractivity contribution is 5.86. The Balaban J connectivity index is 1.31. The van der Waals surface area contributed by atoms with Crippen molar-refractivity contribution in [2.24, 2.45) is 11.3 Å². The van der Waals surface area contributed by atoms with Gasteiger partial charge >= 0.3 is 5.97 Å². The first-order valence-corrected chi connectivity index (χ1v) is 17.4. The summed E-state index contributed by atoms with van der Waals surface area (Å²) in [5.74, 6) is 0.445. The van der Waals surface area contributed by atoms with Crippen molar-refractivity contribution in [1.29, 1.82) is 0 Å². The molecule has 3 aliphatic rings. The first kappa shape index (κ1) is 32.5. The lowest BCUT2D eigenvalue weighted by Crippen LogP contribution is -2.44. The van der Waals surface area contributed by atoms with Gasteiger partial charge in [0.25, 0.3) is 0 Å². The molecule has 3 aromatic rings. The van der Waals surface area contributed by atoms with E-state index in [0.29, 0.717) is 18.4 Å². The smallest absolute Gasteiger partial charge is 0.307 e. The number of nitrogens with zero attached hydrogens (tertiary/aromatic N) is 3. The molecule has 6 nitrogen and oxygen atoms in total. The van der Waals surface area contributed by atoms with E-state index in [2.05, 4.69) is 29.0 Å². The van der Waals surface area contributed by atoms with E-state index < -0.39 is 5.97 Å². The van der Waals surface area contributed by atoms with Gasteiger partial charge in [0, 0.05) is 49.4 Å². The van der Waals surface area contributed by atoms with Crippen LogP contribution in [-0.2, 0) is 24.2 Å². The van der Waals surface area contributed by atoms with Crippen LogP contribution in [0, 0.1) is 24.1 Å². The molecule has 6 rings (SSSR count). The van der Waals surface area contributed by atoms with Gasteiger partial charge in [0.2, 0.25) is 0 Å². The summed E-state index contributed by atoms with van der Waals surface area (Å²) in [6, 6.07) is 14.8. The number of pyridine rings is 1. The van der Waals surface area contributed by atoms with Crippen molar-refractivity contribution in [2.45, 2.75) is 90.5 Å². The largest absolute Gasteiger partial charge is 0.493 e. The van der Waals surface area contributed by atoms with Crippen molar-refractivity contribution in [3.05, 3.63) is 76.9 Å². The number of benzene rings is 2. The minimum atomic E-state index is -0.823. The second-order valence-electron chi connectivity index (χ2n) is 14.2. The molecule has 7 heteroatoms. The van der Waals surface area contributed by atoms with Crippen LogP contribution < -0.4 is 9.64 Å². The number of rotatable bonds is 12. The first-order chi connectivity index (χ1) is 22.3. The number of hydrogen-bond acceptors (Lipinski definition) is 5. The van der Waals surface area contributed by atoms with Gasteiger partial charge in [0.1, 0.15) is 11.6 Å². The highest BCUT2D eigenvalue weighted by Gasteiger charge is 2.40. The van der Waals surface area contributed by atoms with E-state index in [1.54, 1.807) is 12.1 Å². The minimum absolute atomic E-state index is 0.0361. The number of ether oxygens (including phenoxy) is 1. The van der Waals surface area contributed by atoms with E-state index in [1.165, 1.54) is 63.5 Å². The van der Waals surface area contributed by atoms with Gasteiger partial charge in [-0.1, -0.05) is 49.9 Å². The SMILES string of the molecule is Cc1nc(CN(C)CC2CCCCC2)c(-c2ccc(OCCc3ccc(F)cc3)cc2)c(N2CCC3(CCC3)CC2)c1CC(=O)O. The molecule has 0 amide bonds. The Labute approximate surface area is 274 Å². The molecule has 1 spiro atoms. The van der Waals surface area contributed by atoms with Crippen LogP contribution in [0.2, 0.25) is 0 Å². The molecule has 2 saturated carbocycles. The number of piperidine rings is 1. The lowest BCUT2D eigenvalue weighted by molar-refractivity contribution is -0.136. The van der Waals surface area contributed by atoms with Gasteiger partial charge in [-0.15, -0.1) is 0 Å². The maximum atomic E-state index is 13.3. The zero-order valence-electron chi connectivity index (χ0n) is 27.7. The average Bonchev–Trinajstić information content (AvgIpc) is 3.03. The van der Waals surface area contributed by atoms with E-state index in [1.807, 2.05) is 19.1 Å². The van der Waals surface area contributed by atoms with Crippen LogP contribution >= 0.6 is 0 Å². The Morgan fingerprint density at radius 2 is 1.70 bits per heavy atom. The minimum Gasteiger partial charge on any atom is -0.493 e. The van der Waals surface area contributed by atoms with Crippen LogP contribution in [0.3, 0.4) is 0 Å². The monoisotopic (exact) mass is 627 g/mol. The highest BCUT2D eigenvalue weighted by Crippen LogP contribution is 2.50. The number of carboxylic acids is 1. The van der Waals surface area contributed by atoms with Gasteiger partial charge in [0.15, 0.2) is 0 Å². The van der Waals surface area contributed by atoms with Crippen LogP contribution in [0.4, 0.5) is 10.1 Å². The van der Waals surface area contributed by atoms with Gasteiger partial charge in [-0.25, -0.2) is 4.39 Å². The predicted molar refractivity (Wildman–Crippen MR) is 182 cm³/mol. The van der Waals surface area contributed by atoms with Crippen LogP contribution in [0.5, 0.6) is 5.75 Å². The summed E-state index contributed by atoms with van der Waals surface area (Å²) in [6.07, 6.45) is 13.6. The Kier molecular flexibility index (Phi) is 10.3. The molecule has 46 heavy (non-hydrogen) atoms. The highest BCUT2D eigenvalue weighted by atomic mass is 19.1. The number of halogens is 1. The molecule has 1 saturated heterocycles. The number of aliphatic carboxylic acids is 1. The number of carboxylic acid groups (broad SMARTS) is 1. The average molecular weight is 628 g/mol. The number of aromatic nitrogens is 1. The summed E-state index contributed by atoms with van der Waals surface area (Å²) in [4.78, 5) is 22.3. The van der Waals surface area contributed by atoms with Crippen molar-refractivity contribution in [2.75, 3.05) is 38.2 Å². The van der Waals surface area contributed by atoms with E-state index in [-0.39, 0.29) is 12.2 Å². The normalized spacial score (nSPS) is 18.1. The number of hydrogen-bond donors (Lipinski definition) is 1. The lowest BCUT2D eigenvalue weighted by Gasteiger charge is -2.49. The summed E-state index contributed by atoms with van der Waals surface area (Å²) in [6.45, 7) is 6.17. The van der Waals surface area contributed by atoms with Crippen molar-refractivity contribution in [1.82, 2.24) is 9.88 Å². The third kappa shape index (κ3) is 7.74. The van der Waals surface area contributed by atoms with Crippen molar-refractivity contribution < 1.29 is 19.0 Å². The zero-order valence-corrected chi connectivity index (χ0v) is 27.7. The Morgan fingerprint density at radius 3 is 2.33 bits per heavy atom. The maximum absolute atomic E-state index is 13.3. The van der Waals surface area contributed by atoms with Gasteiger partial charge in [-0.2, -0.15) is 0 Å². The molecule has 246 valence electrons. The van der Waals surface area contributed by atoms with Crippen LogP contribution in [0.15, 0.2) is 48.5 Å². The molecule has 0 atom stereocenters. The summed E-state index contributed by atoms with van der Waals surface area (Å²) in [7, 11) is 2.21. The quantitative estimate of drug-likeness (QED) is 0.218. The van der Waals surface area contributed by atoms with Crippen LogP contribution in [-0.4, -0.2) is 54.2 Å². The molecular formula is C39H50FN3O3. The molecule has 1 N–H and O–H groups in total. The van der Waals surface area contributed by atoms with Crippen LogP contribution in [0.25, 0.3) is 11.1 Å². The molecule has 2 heterocycles. The van der Waals surface area contributed by atoms with Gasteiger partial charge in [-0.05, 0) is 99.2 Å². The molecule has 1 aromatic heterocycles. The van der Waals surface area contributed by atoms with E-state index in [9.17, 15) is 14.3 Å². The molecule has 3 fully saturated rings. The predicted octanol–water partition coefficient (Wildman–Crippen LogP) is 8.23. The van der Waals surface area contributed by atoms with Crippen molar-refractivity contribution >= 4 is 11.7 Å². The standard InChI is InChI=1S/C39H50FN3O3/c1-28-34(25-36(44)45)38(43-22-20-39(21-23-43)18-6-19-39)37(35(41-28)27-42(2)26-30-7-4-3-5-8-30)31-11-15-33(16-12-31)46-24-17-29-9-13-32(40)14-10-29/h9-16,30H,3-8,17-27H2,1-2H3,(H,44,45). The Bertz CT molecular complexity index is 1470. The molecular weight excluding hydrogens is 577 g/mol. The summed E-state index contributed by atoms with van der Waals surface area (Å²) in [5.41, 5.74) is 7.39. The van der Waals surface area contributed by atoms with E-state index >= 15 is 0 Å². The molecule has 0 bridgehead atoms. The Morgan fingerprint density at radius 1 is 1.00 bits per heavy atom. The van der Waals surface area contributed by atoms with Crippen molar-refractivity contribution in [3.63, 3.8) is 0 Å². The third-order valence-electron chi connectivity index (χ3n) is 10.9. The molecule has 0 radical (unpaired) electrons. The maximum Gasteiger partial charge on any atom is 0.307 e. The van der Waals surface area contributed by atoms with E-state index in [0.717, 1.165) is 90.0 Å². The fourth-order valence-corrected chi connectivity index (χ4v) is 8.08. The first-order valence-electron chi connectivity index (χ1n) is 17.4. The molecule has 2 aromatic carbocycles. The second-order valence-corrected chi connectivity index (χ2v) is 14.2. The molecule has 2 aliphatic carbocycles. The molecule has 0 unspecified atom stereocenters. The third-order valence-corrected chi connectivity index (χ3v) is 10.9.